The van der Waals surface area contributed by atoms with Gasteiger partial charge in [0.15, 0.2) is 11.5 Å². The first-order valence-corrected chi connectivity index (χ1v) is 5.62. The Labute approximate surface area is 108 Å². The summed E-state index contributed by atoms with van der Waals surface area (Å²) >= 11 is 0. The first kappa shape index (κ1) is 11.4. The molecule has 1 aliphatic rings. The van der Waals surface area contributed by atoms with Crippen molar-refractivity contribution in [3.8, 4) is 11.5 Å². The lowest BCUT2D eigenvalue weighted by Gasteiger charge is -2.08. The Kier molecular flexibility index (Phi) is 2.52. The second-order valence-corrected chi connectivity index (χ2v) is 4.17. The van der Waals surface area contributed by atoms with Gasteiger partial charge in [-0.05, 0) is 0 Å². The summed E-state index contributed by atoms with van der Waals surface area (Å²) in [6.07, 6.45) is 3.18. The van der Waals surface area contributed by atoms with Crippen LogP contribution in [0.3, 0.4) is 0 Å². The molecule has 3 rings (SSSR count). The lowest BCUT2D eigenvalue weighted by molar-refractivity contribution is 0.102. The van der Waals surface area contributed by atoms with E-state index in [9.17, 15) is 4.79 Å². The molecule has 2 aromatic rings. The number of hydrogen-bond acceptors (Lipinski definition) is 5. The largest absolute Gasteiger partial charge is 0.454 e. The molecule has 19 heavy (non-hydrogen) atoms. The van der Waals surface area contributed by atoms with Crippen LogP contribution in [0.5, 0.6) is 11.5 Å². The molecule has 7 heteroatoms. The Morgan fingerprint density at radius 1 is 1.42 bits per heavy atom. The van der Waals surface area contributed by atoms with Crippen LogP contribution >= 0.6 is 0 Å². The highest BCUT2D eigenvalue weighted by molar-refractivity contribution is 6.04. The third-order valence-electron chi connectivity index (χ3n) is 2.73. The zero-order chi connectivity index (χ0) is 13.4. The van der Waals surface area contributed by atoms with Crippen molar-refractivity contribution in [3.63, 3.8) is 0 Å². The van der Waals surface area contributed by atoms with Crippen molar-refractivity contribution in [2.24, 2.45) is 7.05 Å². The molecule has 2 heterocycles. The Bertz CT molecular complexity index is 650. The van der Waals surface area contributed by atoms with E-state index < -0.39 is 0 Å². The fraction of sp³-hybridized carbons (Fsp3) is 0.167. The van der Waals surface area contributed by atoms with Gasteiger partial charge in [-0.2, -0.15) is 0 Å². The van der Waals surface area contributed by atoms with Gasteiger partial charge >= 0.3 is 0 Å². The highest BCUT2D eigenvalue weighted by atomic mass is 16.7. The zero-order valence-corrected chi connectivity index (χ0v) is 10.2. The van der Waals surface area contributed by atoms with Gasteiger partial charge in [0.25, 0.3) is 5.91 Å². The number of fused-ring (bicyclic) bond motifs is 1. The van der Waals surface area contributed by atoms with Crippen molar-refractivity contribution in [1.82, 2.24) is 9.55 Å². The van der Waals surface area contributed by atoms with Crippen molar-refractivity contribution < 1.29 is 14.3 Å². The van der Waals surface area contributed by atoms with E-state index >= 15 is 0 Å². The molecule has 1 aromatic carbocycles. The number of rotatable bonds is 2. The predicted molar refractivity (Wildman–Crippen MR) is 68.1 cm³/mol. The molecule has 0 aliphatic carbocycles. The maximum Gasteiger partial charge on any atom is 0.275 e. The Balaban J connectivity index is 1.85. The van der Waals surface area contributed by atoms with Gasteiger partial charge in [0, 0.05) is 25.4 Å². The quantitative estimate of drug-likeness (QED) is 0.785. The number of aryl methyl sites for hydroxylation is 1. The molecule has 0 bridgehead atoms. The first-order valence-electron chi connectivity index (χ1n) is 5.62. The van der Waals surface area contributed by atoms with Gasteiger partial charge in [0.05, 0.1) is 17.7 Å². The fourth-order valence-electron chi connectivity index (χ4n) is 1.78. The minimum atomic E-state index is -0.328. The second-order valence-electron chi connectivity index (χ2n) is 4.17. The SMILES string of the molecule is Cn1cnc(C(=O)Nc2cc3c(cc2N)OCO3)c1. The summed E-state index contributed by atoms with van der Waals surface area (Å²) in [5.74, 6) is 0.810. The fourth-order valence-corrected chi connectivity index (χ4v) is 1.78. The van der Waals surface area contributed by atoms with E-state index in [-0.39, 0.29) is 12.7 Å². The number of nitrogens with one attached hydrogen (secondary N) is 1. The van der Waals surface area contributed by atoms with Gasteiger partial charge in [-0.25, -0.2) is 4.98 Å². The van der Waals surface area contributed by atoms with Crippen molar-refractivity contribution in [3.05, 3.63) is 30.4 Å². The Morgan fingerprint density at radius 3 is 2.84 bits per heavy atom. The van der Waals surface area contributed by atoms with E-state index in [4.69, 9.17) is 15.2 Å². The minimum absolute atomic E-state index is 0.159. The number of amides is 1. The van der Waals surface area contributed by atoms with Crippen LogP contribution in [0.2, 0.25) is 0 Å². The van der Waals surface area contributed by atoms with Crippen LogP contribution in [0.15, 0.2) is 24.7 Å². The summed E-state index contributed by atoms with van der Waals surface area (Å²) in [6.45, 7) is 0.159. The summed E-state index contributed by atoms with van der Waals surface area (Å²) in [5.41, 5.74) is 7.05. The summed E-state index contributed by atoms with van der Waals surface area (Å²) in [6, 6.07) is 3.26. The van der Waals surface area contributed by atoms with E-state index in [1.165, 1.54) is 0 Å². The zero-order valence-electron chi connectivity index (χ0n) is 10.2. The number of aromatic nitrogens is 2. The van der Waals surface area contributed by atoms with E-state index in [1.807, 2.05) is 0 Å². The number of carbonyl (C=O) groups is 1. The van der Waals surface area contributed by atoms with Gasteiger partial charge in [0.2, 0.25) is 6.79 Å². The molecule has 3 N–H and O–H groups in total. The maximum absolute atomic E-state index is 12.0. The number of carbonyl (C=O) groups excluding carboxylic acids is 1. The second kappa shape index (κ2) is 4.20. The molecule has 98 valence electrons. The summed E-state index contributed by atoms with van der Waals surface area (Å²) in [5, 5.41) is 2.69. The number of ether oxygens (including phenoxy) is 2. The summed E-state index contributed by atoms with van der Waals surface area (Å²) in [4.78, 5) is 15.9. The van der Waals surface area contributed by atoms with Crippen LogP contribution in [-0.4, -0.2) is 22.3 Å². The topological polar surface area (TPSA) is 91.4 Å². The smallest absolute Gasteiger partial charge is 0.275 e. The van der Waals surface area contributed by atoms with Crippen molar-refractivity contribution in [2.45, 2.75) is 0 Å². The average Bonchev–Trinajstić information content (AvgIpc) is 2.98. The van der Waals surface area contributed by atoms with Crippen LogP contribution < -0.4 is 20.5 Å². The number of imidazole rings is 1. The monoisotopic (exact) mass is 260 g/mol. The lowest BCUT2D eigenvalue weighted by Crippen LogP contribution is -2.13. The normalized spacial score (nSPS) is 12.5. The van der Waals surface area contributed by atoms with Crippen LogP contribution in [0.25, 0.3) is 0 Å². The number of anilines is 2. The Hall–Kier alpha value is -2.70. The number of nitrogens with zero attached hydrogens (tertiary/aromatic N) is 2. The first-order chi connectivity index (χ1) is 9.13. The van der Waals surface area contributed by atoms with Crippen molar-refractivity contribution >= 4 is 17.3 Å². The van der Waals surface area contributed by atoms with E-state index in [0.717, 1.165) is 0 Å². The summed E-state index contributed by atoms with van der Waals surface area (Å²) < 4.78 is 12.1. The Morgan fingerprint density at radius 2 is 2.16 bits per heavy atom. The highest BCUT2D eigenvalue weighted by Gasteiger charge is 2.18. The van der Waals surface area contributed by atoms with Crippen LogP contribution in [0.1, 0.15) is 10.5 Å². The molecule has 1 aromatic heterocycles. The molecule has 0 unspecified atom stereocenters. The molecule has 1 amide bonds. The molecule has 1 aliphatic heterocycles. The number of nitrogens with two attached hydrogens (primary N) is 1. The molecule has 7 nitrogen and oxygen atoms in total. The van der Waals surface area contributed by atoms with Gasteiger partial charge in [-0.15, -0.1) is 0 Å². The molecule has 0 spiro atoms. The van der Waals surface area contributed by atoms with Gasteiger partial charge in [-0.3, -0.25) is 4.79 Å². The van der Waals surface area contributed by atoms with Crippen LogP contribution in [0, 0.1) is 0 Å². The maximum atomic E-state index is 12.0. The lowest BCUT2D eigenvalue weighted by atomic mass is 10.2. The van der Waals surface area contributed by atoms with Crippen LogP contribution in [0.4, 0.5) is 11.4 Å². The highest BCUT2D eigenvalue weighted by Crippen LogP contribution is 2.38. The average molecular weight is 260 g/mol. The van der Waals surface area contributed by atoms with Gasteiger partial charge < -0.3 is 25.1 Å². The third-order valence-corrected chi connectivity index (χ3v) is 2.73. The molecule has 0 radical (unpaired) electrons. The van der Waals surface area contributed by atoms with Crippen molar-refractivity contribution in [2.75, 3.05) is 17.8 Å². The van der Waals surface area contributed by atoms with Gasteiger partial charge in [0.1, 0.15) is 5.69 Å². The molecule has 0 atom stereocenters. The van der Waals surface area contributed by atoms with Crippen LogP contribution in [-0.2, 0) is 7.05 Å². The van der Waals surface area contributed by atoms with E-state index in [0.29, 0.717) is 28.6 Å². The standard InChI is InChI=1S/C12H12N4O3/c1-16-4-9(14-5-16)12(17)15-8-3-11-10(2-7(8)13)18-6-19-11/h2-5H,6,13H2,1H3,(H,15,17). The number of hydrogen-bond donors (Lipinski definition) is 2. The number of benzene rings is 1. The molecule has 0 fully saturated rings. The summed E-state index contributed by atoms with van der Waals surface area (Å²) in [7, 11) is 1.79. The van der Waals surface area contributed by atoms with Crippen molar-refractivity contribution in [1.29, 1.82) is 0 Å². The molecule has 0 saturated heterocycles. The van der Waals surface area contributed by atoms with Gasteiger partial charge in [-0.1, -0.05) is 0 Å². The number of nitrogen functional groups attached to an aromatic ring is 1. The minimum Gasteiger partial charge on any atom is -0.454 e. The molecule has 0 saturated carbocycles. The van der Waals surface area contributed by atoms with E-state index in [2.05, 4.69) is 10.3 Å². The predicted octanol–water partition coefficient (Wildman–Crippen LogP) is 0.983. The molecular weight excluding hydrogens is 248 g/mol. The van der Waals surface area contributed by atoms with E-state index in [1.54, 1.807) is 36.3 Å². The molecular formula is C12H12N4O3. The third kappa shape index (κ3) is 2.05.